The van der Waals surface area contributed by atoms with Crippen molar-refractivity contribution in [1.82, 2.24) is 4.72 Å². The van der Waals surface area contributed by atoms with Crippen LogP contribution in [0.5, 0.6) is 5.75 Å². The third-order valence-corrected chi connectivity index (χ3v) is 6.28. The van der Waals surface area contributed by atoms with Crippen molar-refractivity contribution in [2.75, 3.05) is 19.4 Å². The van der Waals surface area contributed by atoms with Crippen molar-refractivity contribution in [2.24, 2.45) is 0 Å². The molecule has 0 bridgehead atoms. The van der Waals surface area contributed by atoms with E-state index in [-0.39, 0.29) is 4.90 Å². The summed E-state index contributed by atoms with van der Waals surface area (Å²) in [5, 5.41) is 0.723. The number of nitrogens with one attached hydrogen (secondary N) is 1. The zero-order valence-corrected chi connectivity index (χ0v) is 13.3. The number of rotatable bonds is 7. The Morgan fingerprint density at radius 3 is 2.50 bits per heavy atom. The van der Waals surface area contributed by atoms with E-state index >= 15 is 0 Å². The van der Waals surface area contributed by atoms with Gasteiger partial charge in [0.1, 0.15) is 5.75 Å². The Morgan fingerprint density at radius 2 is 1.90 bits per heavy atom. The van der Waals surface area contributed by atoms with Gasteiger partial charge in [-0.25, -0.2) is 13.1 Å². The van der Waals surface area contributed by atoms with Crippen LogP contribution in [0.15, 0.2) is 29.2 Å². The molecule has 20 heavy (non-hydrogen) atoms. The van der Waals surface area contributed by atoms with Crippen LogP contribution >= 0.6 is 11.8 Å². The average Bonchev–Trinajstić information content (AvgIpc) is 2.97. The van der Waals surface area contributed by atoms with Gasteiger partial charge < -0.3 is 4.74 Å². The fourth-order valence-corrected chi connectivity index (χ4v) is 4.68. The molecule has 1 aromatic rings. The van der Waals surface area contributed by atoms with Gasteiger partial charge in [0.15, 0.2) is 0 Å². The van der Waals surface area contributed by atoms with E-state index in [4.69, 9.17) is 4.74 Å². The molecular formula is C14H21NO3S2. The van der Waals surface area contributed by atoms with Gasteiger partial charge in [-0.1, -0.05) is 12.8 Å². The van der Waals surface area contributed by atoms with Crippen LogP contribution in [0.3, 0.4) is 0 Å². The van der Waals surface area contributed by atoms with Gasteiger partial charge >= 0.3 is 0 Å². The highest BCUT2D eigenvalue weighted by Gasteiger charge is 2.16. The molecule has 112 valence electrons. The third kappa shape index (κ3) is 4.40. The number of thioether (sulfide) groups is 1. The monoisotopic (exact) mass is 315 g/mol. The van der Waals surface area contributed by atoms with Crippen molar-refractivity contribution in [1.29, 1.82) is 0 Å². The summed E-state index contributed by atoms with van der Waals surface area (Å²) in [4.78, 5) is 0.282. The Bertz CT molecular complexity index is 508. The molecule has 4 nitrogen and oxygen atoms in total. The molecule has 2 rings (SSSR count). The van der Waals surface area contributed by atoms with E-state index < -0.39 is 10.0 Å². The molecule has 6 heteroatoms. The summed E-state index contributed by atoms with van der Waals surface area (Å²) in [6.07, 6.45) is 5.18. The van der Waals surface area contributed by atoms with Crippen LogP contribution in [-0.2, 0) is 10.0 Å². The summed E-state index contributed by atoms with van der Waals surface area (Å²) < 4.78 is 31.8. The first-order chi connectivity index (χ1) is 9.62. The first-order valence-electron chi connectivity index (χ1n) is 6.87. The van der Waals surface area contributed by atoms with Crippen LogP contribution in [0, 0.1) is 0 Å². The van der Waals surface area contributed by atoms with Crippen LogP contribution in [0.25, 0.3) is 0 Å². The van der Waals surface area contributed by atoms with E-state index in [0.29, 0.717) is 12.3 Å². The summed E-state index contributed by atoms with van der Waals surface area (Å²) in [6, 6.07) is 6.43. The predicted octanol–water partition coefficient (Wildman–Crippen LogP) is 2.65. The van der Waals surface area contributed by atoms with Crippen LogP contribution in [0.4, 0.5) is 0 Å². The Hall–Kier alpha value is -0.720. The lowest BCUT2D eigenvalue weighted by Crippen LogP contribution is -2.26. The molecule has 0 unspecified atom stereocenters. The van der Waals surface area contributed by atoms with E-state index in [0.717, 1.165) is 11.0 Å². The fourth-order valence-electron chi connectivity index (χ4n) is 2.29. The first-order valence-corrected chi connectivity index (χ1v) is 9.40. The molecule has 0 radical (unpaired) electrons. The average molecular weight is 315 g/mol. The second kappa shape index (κ2) is 7.33. The highest BCUT2D eigenvalue weighted by atomic mass is 32.2. The third-order valence-electron chi connectivity index (χ3n) is 3.42. The number of methoxy groups -OCH3 is 1. The van der Waals surface area contributed by atoms with Gasteiger partial charge in [-0.15, -0.1) is 0 Å². The van der Waals surface area contributed by atoms with Crippen LogP contribution in [0.2, 0.25) is 0 Å². The topological polar surface area (TPSA) is 55.4 Å². The molecule has 0 spiro atoms. The molecule has 1 aromatic carbocycles. The van der Waals surface area contributed by atoms with Crippen molar-refractivity contribution in [3.8, 4) is 5.75 Å². The van der Waals surface area contributed by atoms with E-state index in [2.05, 4.69) is 4.72 Å². The van der Waals surface area contributed by atoms with Gasteiger partial charge in [0, 0.05) is 17.5 Å². The Kier molecular flexibility index (Phi) is 5.74. The molecule has 0 heterocycles. The number of hydrogen-bond donors (Lipinski definition) is 1. The lowest BCUT2D eigenvalue weighted by atomic mass is 10.3. The number of ether oxygens (including phenoxy) is 1. The number of benzene rings is 1. The lowest BCUT2D eigenvalue weighted by Gasteiger charge is -2.10. The molecule has 0 saturated heterocycles. The minimum atomic E-state index is -3.40. The number of hydrogen-bond acceptors (Lipinski definition) is 4. The minimum absolute atomic E-state index is 0.282. The normalized spacial score (nSPS) is 16.4. The molecule has 0 aromatic heterocycles. The maximum absolute atomic E-state index is 12.1. The molecule has 1 aliphatic carbocycles. The molecular weight excluding hydrogens is 294 g/mol. The van der Waals surface area contributed by atoms with E-state index in [1.807, 2.05) is 11.8 Å². The molecule has 0 amide bonds. The first kappa shape index (κ1) is 15.7. The van der Waals surface area contributed by atoms with E-state index in [9.17, 15) is 8.42 Å². The van der Waals surface area contributed by atoms with Crippen LogP contribution < -0.4 is 9.46 Å². The van der Waals surface area contributed by atoms with Crippen LogP contribution in [0.1, 0.15) is 25.7 Å². The highest BCUT2D eigenvalue weighted by molar-refractivity contribution is 8.00. The molecule has 0 aliphatic heterocycles. The largest absolute Gasteiger partial charge is 0.497 e. The highest BCUT2D eigenvalue weighted by Crippen LogP contribution is 2.28. The summed E-state index contributed by atoms with van der Waals surface area (Å²) in [5.74, 6) is 1.49. The zero-order chi connectivity index (χ0) is 14.4. The van der Waals surface area contributed by atoms with Crippen molar-refractivity contribution in [3.05, 3.63) is 24.3 Å². The van der Waals surface area contributed by atoms with Gasteiger partial charge in [-0.05, 0) is 37.1 Å². The summed E-state index contributed by atoms with van der Waals surface area (Å²) in [5.41, 5.74) is 0. The summed E-state index contributed by atoms with van der Waals surface area (Å²) >= 11 is 1.88. The standard InChI is InChI=1S/C14H21NO3S2/c1-18-12-6-8-14(9-7-12)20(16,17)15-10-11-19-13-4-2-3-5-13/h6-9,13,15H,2-5,10-11H2,1H3. The predicted molar refractivity (Wildman–Crippen MR) is 82.9 cm³/mol. The minimum Gasteiger partial charge on any atom is -0.497 e. The van der Waals surface area contributed by atoms with E-state index in [1.54, 1.807) is 31.4 Å². The lowest BCUT2D eigenvalue weighted by molar-refractivity contribution is 0.414. The second-order valence-electron chi connectivity index (χ2n) is 4.85. The van der Waals surface area contributed by atoms with E-state index in [1.165, 1.54) is 25.7 Å². The molecule has 1 fully saturated rings. The van der Waals surface area contributed by atoms with Gasteiger partial charge in [-0.2, -0.15) is 11.8 Å². The zero-order valence-electron chi connectivity index (χ0n) is 11.7. The quantitative estimate of drug-likeness (QED) is 0.786. The van der Waals surface area contributed by atoms with Crippen molar-refractivity contribution < 1.29 is 13.2 Å². The Morgan fingerprint density at radius 1 is 1.25 bits per heavy atom. The van der Waals surface area contributed by atoms with Crippen molar-refractivity contribution in [2.45, 2.75) is 35.8 Å². The van der Waals surface area contributed by atoms with Gasteiger partial charge in [0.2, 0.25) is 10.0 Å². The molecule has 0 atom stereocenters. The maximum Gasteiger partial charge on any atom is 0.240 e. The van der Waals surface area contributed by atoms with Gasteiger partial charge in [-0.3, -0.25) is 0 Å². The summed E-state index contributed by atoms with van der Waals surface area (Å²) in [6.45, 7) is 0.482. The smallest absolute Gasteiger partial charge is 0.240 e. The molecule has 1 saturated carbocycles. The van der Waals surface area contributed by atoms with Crippen molar-refractivity contribution >= 4 is 21.8 Å². The number of sulfonamides is 1. The molecule has 1 aliphatic rings. The second-order valence-corrected chi connectivity index (χ2v) is 8.03. The maximum atomic E-state index is 12.1. The van der Waals surface area contributed by atoms with Crippen molar-refractivity contribution in [3.63, 3.8) is 0 Å². The van der Waals surface area contributed by atoms with Gasteiger partial charge in [0.05, 0.1) is 12.0 Å². The summed E-state index contributed by atoms with van der Waals surface area (Å²) in [7, 11) is -1.84. The Labute approximate surface area is 125 Å². The SMILES string of the molecule is COc1ccc(S(=O)(=O)NCCSC2CCCC2)cc1. The molecule has 1 N–H and O–H groups in total. The van der Waals surface area contributed by atoms with Gasteiger partial charge in [0.25, 0.3) is 0 Å². The fraction of sp³-hybridized carbons (Fsp3) is 0.571. The van der Waals surface area contributed by atoms with Crippen LogP contribution in [-0.4, -0.2) is 33.1 Å². The Balaban J connectivity index is 1.80.